The molecule has 4 nitrogen and oxygen atoms in total. The highest BCUT2D eigenvalue weighted by Crippen LogP contribution is 2.31. The molecule has 2 heterocycles. The molecular weight excluding hydrogens is 366 g/mol. The number of nitrogens with zero attached hydrogens (tertiary/aromatic N) is 3. The first-order valence-electron chi connectivity index (χ1n) is 8.69. The lowest BCUT2D eigenvalue weighted by Crippen LogP contribution is -2.48. The maximum absolute atomic E-state index is 12.8. The summed E-state index contributed by atoms with van der Waals surface area (Å²) in [7, 11) is 0. The van der Waals surface area contributed by atoms with Gasteiger partial charge in [0.1, 0.15) is 0 Å². The molecule has 6 heteroatoms. The van der Waals surface area contributed by atoms with Crippen LogP contribution in [0.4, 0.5) is 5.13 Å². The first-order valence-corrected chi connectivity index (χ1v) is 9.88. The molecule has 1 aliphatic heterocycles. The van der Waals surface area contributed by atoms with Crippen LogP contribution in [0.1, 0.15) is 21.5 Å². The van der Waals surface area contributed by atoms with Crippen molar-refractivity contribution >= 4 is 44.2 Å². The summed E-state index contributed by atoms with van der Waals surface area (Å²) in [5, 5.41) is 1.73. The maximum Gasteiger partial charge on any atom is 0.253 e. The van der Waals surface area contributed by atoms with E-state index in [0.29, 0.717) is 13.1 Å². The Morgan fingerprint density at radius 3 is 2.54 bits per heavy atom. The third-order valence-electron chi connectivity index (χ3n) is 4.93. The highest BCUT2D eigenvalue weighted by Gasteiger charge is 2.24. The summed E-state index contributed by atoms with van der Waals surface area (Å²) in [5.41, 5.74) is 4.11. The molecule has 1 amide bonds. The molecule has 1 saturated heterocycles. The number of amides is 1. The van der Waals surface area contributed by atoms with Crippen LogP contribution in [0.5, 0.6) is 0 Å². The summed E-state index contributed by atoms with van der Waals surface area (Å²) in [6, 6.07) is 11.7. The zero-order chi connectivity index (χ0) is 18.3. The maximum atomic E-state index is 12.8. The summed E-state index contributed by atoms with van der Waals surface area (Å²) >= 11 is 7.72. The fourth-order valence-corrected chi connectivity index (χ4v) is 4.47. The Morgan fingerprint density at radius 1 is 1.04 bits per heavy atom. The Hall–Kier alpha value is -2.11. The zero-order valence-electron chi connectivity index (χ0n) is 14.8. The minimum atomic E-state index is 0.115. The standard InChI is InChI=1S/C20H20ClN3OS/c1-13-3-4-15(11-14(13)2)19(25)23-7-9-24(10-8-23)20-22-17-6-5-16(21)12-18(17)26-20/h3-6,11-12H,7-10H2,1-2H3. The first-order chi connectivity index (χ1) is 12.5. The number of hydrogen-bond acceptors (Lipinski definition) is 4. The summed E-state index contributed by atoms with van der Waals surface area (Å²) in [6.45, 7) is 7.12. The van der Waals surface area contributed by atoms with Gasteiger partial charge in [0.25, 0.3) is 5.91 Å². The van der Waals surface area contributed by atoms with Gasteiger partial charge in [-0.2, -0.15) is 0 Å². The number of hydrogen-bond donors (Lipinski definition) is 0. The van der Waals surface area contributed by atoms with Crippen molar-refractivity contribution in [2.24, 2.45) is 0 Å². The number of halogens is 1. The molecule has 0 aliphatic carbocycles. The predicted molar refractivity (Wildman–Crippen MR) is 109 cm³/mol. The average Bonchev–Trinajstić information content (AvgIpc) is 3.06. The molecule has 0 bridgehead atoms. The minimum absolute atomic E-state index is 0.115. The topological polar surface area (TPSA) is 36.4 Å². The van der Waals surface area contributed by atoms with Gasteiger partial charge in [0.05, 0.1) is 10.2 Å². The van der Waals surface area contributed by atoms with Crippen molar-refractivity contribution < 1.29 is 4.79 Å². The number of fused-ring (bicyclic) bond motifs is 1. The van der Waals surface area contributed by atoms with Gasteiger partial charge in [-0.05, 0) is 55.3 Å². The average molecular weight is 386 g/mol. The lowest BCUT2D eigenvalue weighted by atomic mass is 10.1. The van der Waals surface area contributed by atoms with Gasteiger partial charge in [-0.15, -0.1) is 0 Å². The quantitative estimate of drug-likeness (QED) is 0.650. The van der Waals surface area contributed by atoms with E-state index < -0.39 is 0 Å². The molecule has 1 fully saturated rings. The second-order valence-electron chi connectivity index (χ2n) is 6.69. The van der Waals surface area contributed by atoms with Gasteiger partial charge in [-0.3, -0.25) is 4.79 Å². The molecule has 1 aromatic heterocycles. The molecule has 0 radical (unpaired) electrons. The molecule has 0 atom stereocenters. The van der Waals surface area contributed by atoms with Crippen LogP contribution in [0.2, 0.25) is 5.02 Å². The van der Waals surface area contributed by atoms with Gasteiger partial charge in [0.15, 0.2) is 5.13 Å². The normalized spacial score (nSPS) is 14.9. The van der Waals surface area contributed by atoms with Crippen molar-refractivity contribution in [1.82, 2.24) is 9.88 Å². The van der Waals surface area contributed by atoms with E-state index in [4.69, 9.17) is 16.6 Å². The van der Waals surface area contributed by atoms with Crippen LogP contribution in [-0.2, 0) is 0 Å². The monoisotopic (exact) mass is 385 g/mol. The van der Waals surface area contributed by atoms with Crippen molar-refractivity contribution in [2.75, 3.05) is 31.1 Å². The second kappa shape index (κ2) is 6.89. The van der Waals surface area contributed by atoms with E-state index in [9.17, 15) is 4.79 Å². The third-order valence-corrected chi connectivity index (χ3v) is 6.24. The lowest BCUT2D eigenvalue weighted by Gasteiger charge is -2.34. The fourth-order valence-electron chi connectivity index (χ4n) is 3.18. The molecule has 3 aromatic rings. The van der Waals surface area contributed by atoms with E-state index in [1.54, 1.807) is 11.3 Å². The number of carbonyl (C=O) groups excluding carboxylic acids is 1. The van der Waals surface area contributed by atoms with Crippen molar-refractivity contribution in [3.8, 4) is 0 Å². The summed E-state index contributed by atoms with van der Waals surface area (Å²) < 4.78 is 1.10. The van der Waals surface area contributed by atoms with Crippen LogP contribution in [0.25, 0.3) is 10.2 Å². The smallest absolute Gasteiger partial charge is 0.253 e. The molecule has 0 saturated carbocycles. The zero-order valence-corrected chi connectivity index (χ0v) is 16.4. The van der Waals surface area contributed by atoms with Crippen molar-refractivity contribution in [1.29, 1.82) is 0 Å². The lowest BCUT2D eigenvalue weighted by molar-refractivity contribution is 0.0746. The largest absolute Gasteiger partial charge is 0.345 e. The molecule has 26 heavy (non-hydrogen) atoms. The van der Waals surface area contributed by atoms with Crippen LogP contribution >= 0.6 is 22.9 Å². The number of carbonyl (C=O) groups is 1. The van der Waals surface area contributed by atoms with Crippen LogP contribution in [-0.4, -0.2) is 42.0 Å². The minimum Gasteiger partial charge on any atom is -0.345 e. The Kier molecular flexibility index (Phi) is 4.59. The van der Waals surface area contributed by atoms with Crippen LogP contribution < -0.4 is 4.90 Å². The number of benzene rings is 2. The molecule has 0 N–H and O–H groups in total. The molecule has 134 valence electrons. The van der Waals surface area contributed by atoms with Crippen LogP contribution in [0.15, 0.2) is 36.4 Å². The fraction of sp³-hybridized carbons (Fsp3) is 0.300. The van der Waals surface area contributed by atoms with E-state index in [2.05, 4.69) is 11.8 Å². The highest BCUT2D eigenvalue weighted by molar-refractivity contribution is 7.22. The van der Waals surface area contributed by atoms with Gasteiger partial charge < -0.3 is 9.80 Å². The Morgan fingerprint density at radius 2 is 1.81 bits per heavy atom. The number of anilines is 1. The van der Waals surface area contributed by atoms with E-state index in [1.165, 1.54) is 5.56 Å². The van der Waals surface area contributed by atoms with E-state index in [-0.39, 0.29) is 5.91 Å². The molecule has 0 unspecified atom stereocenters. The van der Waals surface area contributed by atoms with Crippen LogP contribution in [0.3, 0.4) is 0 Å². The molecule has 4 rings (SSSR count). The number of aryl methyl sites for hydroxylation is 2. The van der Waals surface area contributed by atoms with Gasteiger partial charge in [0, 0.05) is 36.8 Å². The highest BCUT2D eigenvalue weighted by atomic mass is 35.5. The SMILES string of the molecule is Cc1ccc(C(=O)N2CCN(c3nc4ccc(Cl)cc4s3)CC2)cc1C. The van der Waals surface area contributed by atoms with Crippen molar-refractivity contribution in [3.63, 3.8) is 0 Å². The Labute approximate surface area is 162 Å². The van der Waals surface area contributed by atoms with E-state index in [0.717, 1.165) is 44.6 Å². The molecule has 2 aromatic carbocycles. The Bertz CT molecular complexity index is 976. The summed E-state index contributed by atoms with van der Waals surface area (Å²) in [6.07, 6.45) is 0. The van der Waals surface area contributed by atoms with Gasteiger partial charge in [0.2, 0.25) is 0 Å². The second-order valence-corrected chi connectivity index (χ2v) is 8.13. The van der Waals surface area contributed by atoms with Gasteiger partial charge in [-0.1, -0.05) is 29.0 Å². The first kappa shape index (κ1) is 17.3. The van der Waals surface area contributed by atoms with Crippen molar-refractivity contribution in [2.45, 2.75) is 13.8 Å². The van der Waals surface area contributed by atoms with Crippen molar-refractivity contribution in [3.05, 3.63) is 58.1 Å². The van der Waals surface area contributed by atoms with Crippen LogP contribution in [0, 0.1) is 13.8 Å². The molecular formula is C20H20ClN3OS. The predicted octanol–water partition coefficient (Wildman–Crippen LogP) is 4.53. The summed E-state index contributed by atoms with van der Waals surface area (Å²) in [4.78, 5) is 21.7. The van der Waals surface area contributed by atoms with Gasteiger partial charge in [-0.25, -0.2) is 4.98 Å². The summed E-state index contributed by atoms with van der Waals surface area (Å²) in [5.74, 6) is 0.115. The molecule has 0 spiro atoms. The van der Waals surface area contributed by atoms with E-state index in [1.807, 2.05) is 48.2 Å². The Balaban J connectivity index is 1.46. The van der Waals surface area contributed by atoms with E-state index >= 15 is 0 Å². The molecule has 1 aliphatic rings. The third kappa shape index (κ3) is 3.29. The number of aromatic nitrogens is 1. The van der Waals surface area contributed by atoms with Gasteiger partial charge >= 0.3 is 0 Å². The number of thiazole rings is 1. The number of piperazine rings is 1. The number of rotatable bonds is 2.